The number of nitrogens with zero attached hydrogens (tertiary/aromatic N) is 1. The topological polar surface area (TPSA) is 86.7 Å². The first-order valence-electron chi connectivity index (χ1n) is 9.49. The fourth-order valence-corrected chi connectivity index (χ4v) is 3.48. The largest absolute Gasteiger partial charge is 0.478 e. The smallest absolute Gasteiger partial charge is 0.335 e. The number of rotatable bonds is 6. The quantitative estimate of drug-likeness (QED) is 0.807. The summed E-state index contributed by atoms with van der Waals surface area (Å²) in [6.07, 6.45) is 3.07. The van der Waals surface area contributed by atoms with Crippen molar-refractivity contribution in [1.82, 2.24) is 10.2 Å². The molecule has 1 unspecified atom stereocenters. The Kier molecular flexibility index (Phi) is 6.42. The zero-order chi connectivity index (χ0) is 19.9. The van der Waals surface area contributed by atoms with Gasteiger partial charge in [-0.3, -0.25) is 9.59 Å². The van der Waals surface area contributed by atoms with Gasteiger partial charge < -0.3 is 15.3 Å². The van der Waals surface area contributed by atoms with E-state index in [4.69, 9.17) is 5.11 Å². The van der Waals surface area contributed by atoms with Crippen molar-refractivity contribution >= 4 is 17.8 Å². The van der Waals surface area contributed by atoms with E-state index in [1.165, 1.54) is 12.1 Å². The lowest BCUT2D eigenvalue weighted by Crippen LogP contribution is -2.49. The molecule has 0 radical (unpaired) electrons. The maximum atomic E-state index is 12.8. The lowest BCUT2D eigenvalue weighted by molar-refractivity contribution is -0.134. The Balaban J connectivity index is 1.59. The highest BCUT2D eigenvalue weighted by Crippen LogP contribution is 2.18. The third-order valence-electron chi connectivity index (χ3n) is 5.04. The van der Waals surface area contributed by atoms with Gasteiger partial charge in [0.1, 0.15) is 0 Å². The fourth-order valence-electron chi connectivity index (χ4n) is 3.48. The average Bonchev–Trinajstić information content (AvgIpc) is 2.73. The van der Waals surface area contributed by atoms with Crippen LogP contribution in [-0.2, 0) is 11.2 Å². The number of carbonyl (C=O) groups excluding carboxylic acids is 2. The Hall–Kier alpha value is -3.15. The lowest BCUT2D eigenvalue weighted by Gasteiger charge is -2.36. The van der Waals surface area contributed by atoms with Crippen molar-refractivity contribution in [2.45, 2.75) is 31.7 Å². The standard InChI is InChI=1S/C22H24N2O4/c25-20(14-16-9-11-18(12-10-16)22(27)28)24-13-5-4-8-19(24)15-23-21(26)17-6-2-1-3-7-17/h1-3,6-7,9-12,19H,4-5,8,13-15H2,(H,23,26)(H,27,28). The number of carboxylic acid groups (broad SMARTS) is 1. The molecule has 0 saturated carbocycles. The monoisotopic (exact) mass is 380 g/mol. The van der Waals surface area contributed by atoms with Crippen molar-refractivity contribution in [2.75, 3.05) is 13.1 Å². The summed E-state index contributed by atoms with van der Waals surface area (Å²) in [6.45, 7) is 1.11. The minimum atomic E-state index is -0.983. The van der Waals surface area contributed by atoms with Crippen LogP contribution in [0.1, 0.15) is 45.5 Å². The van der Waals surface area contributed by atoms with Gasteiger partial charge >= 0.3 is 5.97 Å². The third-order valence-corrected chi connectivity index (χ3v) is 5.04. The summed E-state index contributed by atoms with van der Waals surface area (Å²) in [4.78, 5) is 37.9. The number of carboxylic acids is 1. The molecule has 0 aromatic heterocycles. The van der Waals surface area contributed by atoms with Gasteiger partial charge in [-0.2, -0.15) is 0 Å². The predicted molar refractivity (Wildman–Crippen MR) is 105 cm³/mol. The molecule has 1 heterocycles. The lowest BCUT2D eigenvalue weighted by atomic mass is 10.00. The highest BCUT2D eigenvalue weighted by Gasteiger charge is 2.27. The van der Waals surface area contributed by atoms with Gasteiger partial charge in [-0.05, 0) is 49.1 Å². The van der Waals surface area contributed by atoms with Gasteiger partial charge in [-0.15, -0.1) is 0 Å². The van der Waals surface area contributed by atoms with Crippen molar-refractivity contribution in [3.63, 3.8) is 0 Å². The van der Waals surface area contributed by atoms with Crippen LogP contribution < -0.4 is 5.32 Å². The summed E-state index contributed by atoms with van der Waals surface area (Å²) in [5, 5.41) is 11.9. The number of likely N-dealkylation sites (tertiary alicyclic amines) is 1. The van der Waals surface area contributed by atoms with Crippen LogP contribution in [0.4, 0.5) is 0 Å². The van der Waals surface area contributed by atoms with E-state index in [9.17, 15) is 14.4 Å². The zero-order valence-corrected chi connectivity index (χ0v) is 15.6. The Morgan fingerprint density at radius 1 is 0.964 bits per heavy atom. The van der Waals surface area contributed by atoms with Crippen LogP contribution in [0.5, 0.6) is 0 Å². The molecule has 1 fully saturated rings. The molecular weight excluding hydrogens is 356 g/mol. The number of piperidine rings is 1. The van der Waals surface area contributed by atoms with Gasteiger partial charge in [0, 0.05) is 24.7 Å². The number of benzene rings is 2. The highest BCUT2D eigenvalue weighted by molar-refractivity contribution is 5.94. The highest BCUT2D eigenvalue weighted by atomic mass is 16.4. The first-order chi connectivity index (χ1) is 13.5. The van der Waals surface area contributed by atoms with E-state index < -0.39 is 5.97 Å². The number of amides is 2. The SMILES string of the molecule is O=C(O)c1ccc(CC(=O)N2CCCCC2CNC(=O)c2ccccc2)cc1. The van der Waals surface area contributed by atoms with Crippen LogP contribution in [0.25, 0.3) is 0 Å². The average molecular weight is 380 g/mol. The molecule has 6 heteroatoms. The molecule has 1 aliphatic rings. The Bertz CT molecular complexity index is 833. The third kappa shape index (κ3) is 4.97. The summed E-state index contributed by atoms with van der Waals surface area (Å²) >= 11 is 0. The number of aromatic carboxylic acids is 1. The Labute approximate surface area is 164 Å². The molecule has 1 saturated heterocycles. The number of nitrogens with one attached hydrogen (secondary N) is 1. The molecule has 2 aromatic rings. The summed E-state index contributed by atoms with van der Waals surface area (Å²) in [5.74, 6) is -1.12. The molecule has 0 spiro atoms. The molecule has 1 aliphatic heterocycles. The molecule has 1 atom stereocenters. The van der Waals surface area contributed by atoms with Crippen molar-refractivity contribution < 1.29 is 19.5 Å². The van der Waals surface area contributed by atoms with Gasteiger partial charge in [0.05, 0.1) is 12.0 Å². The molecule has 146 valence electrons. The summed E-state index contributed by atoms with van der Waals surface area (Å²) in [5.41, 5.74) is 1.60. The number of hydrogen-bond acceptors (Lipinski definition) is 3. The van der Waals surface area contributed by atoms with E-state index in [1.54, 1.807) is 24.3 Å². The van der Waals surface area contributed by atoms with E-state index >= 15 is 0 Å². The van der Waals surface area contributed by atoms with Crippen LogP contribution >= 0.6 is 0 Å². The van der Waals surface area contributed by atoms with Gasteiger partial charge in [0.25, 0.3) is 5.91 Å². The van der Waals surface area contributed by atoms with Crippen molar-refractivity contribution in [3.05, 3.63) is 71.3 Å². The normalized spacial score (nSPS) is 16.4. The molecule has 2 N–H and O–H groups in total. The summed E-state index contributed by atoms with van der Waals surface area (Å²) in [7, 11) is 0. The van der Waals surface area contributed by atoms with Crippen LogP contribution in [-0.4, -0.2) is 46.9 Å². The molecular formula is C22H24N2O4. The van der Waals surface area contributed by atoms with Crippen LogP contribution in [0, 0.1) is 0 Å². The van der Waals surface area contributed by atoms with Crippen molar-refractivity contribution in [2.24, 2.45) is 0 Å². The van der Waals surface area contributed by atoms with E-state index in [0.717, 1.165) is 24.8 Å². The Morgan fingerprint density at radius 2 is 1.68 bits per heavy atom. The molecule has 2 aromatic carbocycles. The maximum absolute atomic E-state index is 12.8. The zero-order valence-electron chi connectivity index (χ0n) is 15.6. The Morgan fingerprint density at radius 3 is 2.36 bits per heavy atom. The van der Waals surface area contributed by atoms with Crippen molar-refractivity contribution in [1.29, 1.82) is 0 Å². The van der Waals surface area contributed by atoms with Gasteiger partial charge in [0.15, 0.2) is 0 Å². The molecule has 28 heavy (non-hydrogen) atoms. The molecule has 6 nitrogen and oxygen atoms in total. The van der Waals surface area contributed by atoms with Crippen molar-refractivity contribution in [3.8, 4) is 0 Å². The second-order valence-corrected chi connectivity index (χ2v) is 6.99. The van der Waals surface area contributed by atoms with E-state index in [1.807, 2.05) is 23.1 Å². The maximum Gasteiger partial charge on any atom is 0.335 e. The number of carbonyl (C=O) groups is 3. The predicted octanol–water partition coefficient (Wildman–Crippen LogP) is 2.74. The van der Waals surface area contributed by atoms with Crippen LogP contribution in [0.15, 0.2) is 54.6 Å². The summed E-state index contributed by atoms with van der Waals surface area (Å²) < 4.78 is 0. The van der Waals surface area contributed by atoms with E-state index in [-0.39, 0.29) is 29.8 Å². The van der Waals surface area contributed by atoms with Crippen LogP contribution in [0.2, 0.25) is 0 Å². The van der Waals surface area contributed by atoms with Gasteiger partial charge in [-0.1, -0.05) is 30.3 Å². The molecule has 2 amide bonds. The number of hydrogen-bond donors (Lipinski definition) is 2. The molecule has 3 rings (SSSR count). The molecule has 0 bridgehead atoms. The van der Waals surface area contributed by atoms with E-state index in [2.05, 4.69) is 5.32 Å². The summed E-state index contributed by atoms with van der Waals surface area (Å²) in [6, 6.07) is 15.4. The van der Waals surface area contributed by atoms with E-state index in [0.29, 0.717) is 18.7 Å². The minimum Gasteiger partial charge on any atom is -0.478 e. The first-order valence-corrected chi connectivity index (χ1v) is 9.49. The minimum absolute atomic E-state index is 0.00161. The first kappa shape index (κ1) is 19.6. The molecule has 0 aliphatic carbocycles. The van der Waals surface area contributed by atoms with Gasteiger partial charge in [-0.25, -0.2) is 4.79 Å². The fraction of sp³-hybridized carbons (Fsp3) is 0.318. The van der Waals surface area contributed by atoms with Gasteiger partial charge in [0.2, 0.25) is 5.91 Å². The second-order valence-electron chi connectivity index (χ2n) is 6.99. The second kappa shape index (κ2) is 9.17. The van der Waals surface area contributed by atoms with Crippen LogP contribution in [0.3, 0.4) is 0 Å².